The van der Waals surface area contributed by atoms with E-state index in [4.69, 9.17) is 14.3 Å². The molecule has 43 heavy (non-hydrogen) atoms. The number of alkyl halides is 2. The van der Waals surface area contributed by atoms with Gasteiger partial charge >= 0.3 is 6.29 Å². The van der Waals surface area contributed by atoms with Crippen LogP contribution in [0.3, 0.4) is 0 Å². The number of fused-ring (bicyclic) bond motifs is 3. The van der Waals surface area contributed by atoms with Gasteiger partial charge in [-0.15, -0.1) is 8.78 Å². The minimum absolute atomic E-state index is 0.00679. The summed E-state index contributed by atoms with van der Waals surface area (Å²) >= 11 is 0. The van der Waals surface area contributed by atoms with Crippen molar-refractivity contribution in [2.45, 2.75) is 77.7 Å². The third-order valence-electron chi connectivity index (χ3n) is 10.4. The number of carbonyl (C=O) groups excluding carboxylic acids is 1. The minimum Gasteiger partial charge on any atom is -0.496 e. The zero-order valence-corrected chi connectivity index (χ0v) is 25.1. The molecule has 9 nitrogen and oxygen atoms in total. The molecule has 2 aromatic rings. The maximum absolute atomic E-state index is 14.0. The van der Waals surface area contributed by atoms with E-state index < -0.39 is 30.5 Å². The van der Waals surface area contributed by atoms with Crippen molar-refractivity contribution in [3.8, 4) is 28.4 Å². The van der Waals surface area contributed by atoms with Crippen LogP contribution in [0.5, 0.6) is 17.2 Å². The minimum atomic E-state index is -3.78. The predicted molar refractivity (Wildman–Crippen MR) is 152 cm³/mol. The number of ether oxygens (including phenoxy) is 3. The number of benzene rings is 2. The first-order valence-electron chi connectivity index (χ1n) is 14.9. The average molecular weight is 603 g/mol. The topological polar surface area (TPSA) is 110 Å². The van der Waals surface area contributed by atoms with Gasteiger partial charge in [-0.2, -0.15) is 5.06 Å². The number of amides is 1. The van der Waals surface area contributed by atoms with E-state index in [1.807, 2.05) is 0 Å². The summed E-state index contributed by atoms with van der Waals surface area (Å²) in [5.74, 6) is 0.631. The molecule has 1 amide bonds. The lowest BCUT2D eigenvalue weighted by molar-refractivity contribution is -0.286. The van der Waals surface area contributed by atoms with Gasteiger partial charge in [0.25, 0.3) is 0 Å². The molecule has 7 rings (SSSR count). The van der Waals surface area contributed by atoms with E-state index in [9.17, 15) is 23.8 Å². The summed E-state index contributed by atoms with van der Waals surface area (Å²) in [6.45, 7) is 8.08. The van der Waals surface area contributed by atoms with Crippen molar-refractivity contribution in [2.75, 3.05) is 13.7 Å². The normalized spacial score (nSPS) is 32.6. The Balaban J connectivity index is 1.29. The molecule has 8 atom stereocenters. The number of aliphatic hydroxyl groups is 2. The van der Waals surface area contributed by atoms with E-state index in [0.29, 0.717) is 40.2 Å². The molecular weight excluding hydrogens is 562 g/mol. The van der Waals surface area contributed by atoms with E-state index >= 15 is 0 Å². The Morgan fingerprint density at radius 2 is 1.88 bits per heavy atom. The van der Waals surface area contributed by atoms with Crippen LogP contribution in [0, 0.1) is 29.1 Å². The zero-order valence-electron chi connectivity index (χ0n) is 25.1. The highest BCUT2D eigenvalue weighted by Crippen LogP contribution is 2.61. The van der Waals surface area contributed by atoms with Crippen LogP contribution >= 0.6 is 0 Å². The molecule has 3 N–H and O–H groups in total. The molecule has 5 aliphatic rings. The second-order valence-electron chi connectivity index (χ2n) is 13.0. The molecule has 2 heterocycles. The number of hydrogen-bond acceptors (Lipinski definition) is 8. The monoisotopic (exact) mass is 602 g/mol. The summed E-state index contributed by atoms with van der Waals surface area (Å²) in [6.07, 6.45) is -3.44. The highest BCUT2D eigenvalue weighted by Gasteiger charge is 2.57. The van der Waals surface area contributed by atoms with Crippen LogP contribution < -0.4 is 19.5 Å². The van der Waals surface area contributed by atoms with Crippen LogP contribution in [0.1, 0.15) is 46.1 Å². The Kier molecular flexibility index (Phi) is 7.60. The first-order valence-corrected chi connectivity index (χ1v) is 14.9. The van der Waals surface area contributed by atoms with Gasteiger partial charge in [0.1, 0.15) is 17.9 Å². The van der Waals surface area contributed by atoms with Crippen LogP contribution in [0.2, 0.25) is 0 Å². The van der Waals surface area contributed by atoms with Crippen molar-refractivity contribution in [1.82, 2.24) is 10.4 Å². The number of rotatable bonds is 8. The number of nitrogens with zero attached hydrogens (tertiary/aromatic N) is 1. The predicted octanol–water partition coefficient (Wildman–Crippen LogP) is 4.34. The van der Waals surface area contributed by atoms with Gasteiger partial charge in [0.2, 0.25) is 5.91 Å². The highest BCUT2D eigenvalue weighted by atomic mass is 19.3. The van der Waals surface area contributed by atoms with Gasteiger partial charge in [0.05, 0.1) is 26.4 Å². The van der Waals surface area contributed by atoms with E-state index in [0.717, 1.165) is 6.42 Å². The fraction of sp³-hybridized carbons (Fsp3) is 0.594. The maximum atomic E-state index is 14.0. The molecule has 11 heteroatoms. The standard InChI is InChI=1S/C32H40F2N2O7/c1-16-22-12-19(31(22,3)4)13-23(16)35-30(39)27-26(17(2)38)25(15-37)43-36(27)14-18-8-6-9-20(28(18)40-5)21-10-7-11-24-29(21)42-32(33,34)41-24/h6-11,16-17,19,22-23,25-27,37-38H,12-15H2,1-5H3,(H,35,39)/t16-,17-,19+,22-,23-,25-,26+,27-/m0/s1. The van der Waals surface area contributed by atoms with Crippen LogP contribution in [0.4, 0.5) is 8.78 Å². The molecule has 0 radical (unpaired) electrons. The Bertz CT molecular complexity index is 1390. The summed E-state index contributed by atoms with van der Waals surface area (Å²) in [6, 6.07) is 9.01. The number of nitrogens with one attached hydrogen (secondary N) is 1. The second kappa shape index (κ2) is 10.9. The molecule has 2 aromatic carbocycles. The van der Waals surface area contributed by atoms with E-state index in [-0.39, 0.29) is 42.0 Å². The fourth-order valence-corrected chi connectivity index (χ4v) is 8.00. The van der Waals surface area contributed by atoms with E-state index in [2.05, 4.69) is 30.8 Å². The van der Waals surface area contributed by atoms with Crippen molar-refractivity contribution >= 4 is 5.91 Å². The van der Waals surface area contributed by atoms with E-state index in [1.54, 1.807) is 37.3 Å². The molecule has 2 bridgehead atoms. The van der Waals surface area contributed by atoms with Gasteiger partial charge in [0.15, 0.2) is 11.5 Å². The first-order chi connectivity index (χ1) is 20.4. The number of halogens is 2. The molecule has 1 saturated heterocycles. The van der Waals surface area contributed by atoms with Crippen LogP contribution in [0.15, 0.2) is 36.4 Å². The van der Waals surface area contributed by atoms with Crippen molar-refractivity contribution in [3.05, 3.63) is 42.0 Å². The third-order valence-corrected chi connectivity index (χ3v) is 10.4. The lowest BCUT2D eigenvalue weighted by atomic mass is 9.45. The molecule has 0 aromatic heterocycles. The lowest BCUT2D eigenvalue weighted by Gasteiger charge is -2.62. The number of hydroxylamine groups is 2. The van der Waals surface area contributed by atoms with E-state index in [1.165, 1.54) is 24.7 Å². The largest absolute Gasteiger partial charge is 0.586 e. The van der Waals surface area contributed by atoms with Crippen molar-refractivity contribution in [1.29, 1.82) is 0 Å². The van der Waals surface area contributed by atoms with Gasteiger partial charge in [0, 0.05) is 28.7 Å². The number of para-hydroxylation sites is 2. The number of carbonyl (C=O) groups is 1. The molecule has 0 unspecified atom stereocenters. The molecule has 4 fully saturated rings. The van der Waals surface area contributed by atoms with Gasteiger partial charge in [-0.3, -0.25) is 9.63 Å². The zero-order chi connectivity index (χ0) is 30.8. The molecular formula is C32H40F2N2O7. The van der Waals surface area contributed by atoms with Gasteiger partial charge in [-0.1, -0.05) is 51.1 Å². The van der Waals surface area contributed by atoms with Gasteiger partial charge in [-0.25, -0.2) is 0 Å². The Morgan fingerprint density at radius 1 is 1.16 bits per heavy atom. The second-order valence-corrected chi connectivity index (χ2v) is 13.0. The molecule has 3 saturated carbocycles. The Labute approximate surface area is 250 Å². The molecule has 234 valence electrons. The fourth-order valence-electron chi connectivity index (χ4n) is 8.00. The molecule has 3 aliphatic carbocycles. The smallest absolute Gasteiger partial charge is 0.496 e. The quantitative estimate of drug-likeness (QED) is 0.410. The molecule has 2 aliphatic heterocycles. The van der Waals surface area contributed by atoms with Gasteiger partial charge < -0.3 is 29.7 Å². The Hall–Kier alpha value is -2.99. The van der Waals surface area contributed by atoms with Crippen LogP contribution in [-0.2, 0) is 16.2 Å². The van der Waals surface area contributed by atoms with Crippen molar-refractivity contribution in [3.63, 3.8) is 0 Å². The average Bonchev–Trinajstić information content (AvgIpc) is 3.49. The van der Waals surface area contributed by atoms with Crippen molar-refractivity contribution < 1.29 is 42.8 Å². The lowest BCUT2D eigenvalue weighted by Crippen LogP contribution is -2.62. The summed E-state index contributed by atoms with van der Waals surface area (Å²) in [7, 11) is 1.47. The number of hydrogen-bond donors (Lipinski definition) is 3. The number of aliphatic hydroxyl groups excluding tert-OH is 2. The third kappa shape index (κ3) is 5.04. The summed E-state index contributed by atoms with van der Waals surface area (Å²) < 4.78 is 43.1. The Morgan fingerprint density at radius 3 is 2.53 bits per heavy atom. The summed E-state index contributed by atoms with van der Waals surface area (Å²) in [5, 5.41) is 25.7. The maximum Gasteiger partial charge on any atom is 0.586 e. The summed E-state index contributed by atoms with van der Waals surface area (Å²) in [4.78, 5) is 20.1. The van der Waals surface area contributed by atoms with Crippen LogP contribution in [-0.4, -0.2) is 65.5 Å². The molecule has 0 spiro atoms. The van der Waals surface area contributed by atoms with Crippen LogP contribution in [0.25, 0.3) is 11.1 Å². The SMILES string of the molecule is COc1c(CN2O[C@@H](CO)[C@@H]([C@H](C)O)[C@H]2C(=O)N[C@H]2C[C@H]3C[C@@H]([C@@H]2C)C3(C)C)cccc1-c1cccc2c1OC(F)(F)O2. The van der Waals surface area contributed by atoms with Gasteiger partial charge in [-0.05, 0) is 49.0 Å². The highest BCUT2D eigenvalue weighted by molar-refractivity contribution is 5.83. The summed E-state index contributed by atoms with van der Waals surface area (Å²) in [5.41, 5.74) is 1.72. The van der Waals surface area contributed by atoms with Crippen molar-refractivity contribution in [2.24, 2.45) is 29.1 Å². The number of methoxy groups -OCH3 is 1. The first kappa shape index (κ1) is 30.1.